The molecule has 2 aromatic rings. The van der Waals surface area contributed by atoms with Crippen LogP contribution in [0.5, 0.6) is 0 Å². The third-order valence-electron chi connectivity index (χ3n) is 7.71. The second kappa shape index (κ2) is 9.99. The highest BCUT2D eigenvalue weighted by atomic mass is 19.1. The number of halogens is 1. The molecule has 3 amide bonds. The van der Waals surface area contributed by atoms with Crippen molar-refractivity contribution in [3.05, 3.63) is 29.7 Å². The molecule has 1 fully saturated rings. The molecule has 0 unspecified atom stereocenters. The second-order valence-corrected chi connectivity index (χ2v) is 10.4. The van der Waals surface area contributed by atoms with Gasteiger partial charge in [0.1, 0.15) is 17.1 Å². The molecule has 1 aromatic heterocycles. The number of nitrogens with zero attached hydrogens (tertiary/aromatic N) is 2. The molecule has 2 atom stereocenters. The van der Waals surface area contributed by atoms with Gasteiger partial charge in [-0.2, -0.15) is 0 Å². The molecule has 1 aliphatic carbocycles. The highest BCUT2D eigenvalue weighted by Gasteiger charge is 2.50. The van der Waals surface area contributed by atoms with Crippen molar-refractivity contribution in [1.29, 1.82) is 0 Å². The number of hydrogen-bond acceptors (Lipinski definition) is 3. The van der Waals surface area contributed by atoms with Crippen LogP contribution in [0.3, 0.4) is 0 Å². The van der Waals surface area contributed by atoms with Gasteiger partial charge in [-0.25, -0.2) is 4.39 Å². The Hall–Kier alpha value is -2.90. The first-order chi connectivity index (χ1) is 16.7. The van der Waals surface area contributed by atoms with Gasteiger partial charge < -0.3 is 20.1 Å². The van der Waals surface area contributed by atoms with Crippen LogP contribution in [0.4, 0.5) is 10.1 Å². The van der Waals surface area contributed by atoms with Gasteiger partial charge in [-0.3, -0.25) is 14.4 Å². The number of nitrogens with one attached hydrogen (secondary N) is 2. The third-order valence-corrected chi connectivity index (χ3v) is 7.71. The lowest BCUT2D eigenvalue weighted by Crippen LogP contribution is -2.67. The minimum Gasteiger partial charge on any atom is -0.351 e. The molecule has 8 heteroatoms. The first kappa shape index (κ1) is 25.2. The number of carbonyl (C=O) groups is 3. The zero-order valence-corrected chi connectivity index (χ0v) is 21.2. The molecule has 2 N–H and O–H groups in total. The Kier molecular flexibility index (Phi) is 7.20. The zero-order chi connectivity index (χ0) is 25.3. The minimum absolute atomic E-state index is 0.0975. The SMILES string of the molecule is CC[C@@H](C)N1C(=O)c2c(NC(C)=O)c3cc(F)ccc3n2C[C@]1(C)C(=O)NC1CCCCCCC1. The van der Waals surface area contributed by atoms with E-state index in [1.807, 2.05) is 20.8 Å². The summed E-state index contributed by atoms with van der Waals surface area (Å²) in [5.74, 6) is -1.29. The number of aromatic nitrogens is 1. The smallest absolute Gasteiger partial charge is 0.273 e. The maximum absolute atomic E-state index is 14.2. The molecule has 0 radical (unpaired) electrons. The monoisotopic (exact) mass is 484 g/mol. The summed E-state index contributed by atoms with van der Waals surface area (Å²) in [5.41, 5.74) is 0.0767. The molecular weight excluding hydrogens is 447 g/mol. The molecule has 7 nitrogen and oxygen atoms in total. The van der Waals surface area contributed by atoms with Crippen molar-refractivity contribution in [3.8, 4) is 0 Å². The van der Waals surface area contributed by atoms with Crippen LogP contribution in [0.25, 0.3) is 10.9 Å². The lowest BCUT2D eigenvalue weighted by atomic mass is 9.90. The van der Waals surface area contributed by atoms with E-state index in [0.717, 1.165) is 25.7 Å². The maximum atomic E-state index is 14.2. The van der Waals surface area contributed by atoms with E-state index in [1.165, 1.54) is 38.3 Å². The highest BCUT2D eigenvalue weighted by Crippen LogP contribution is 2.40. The summed E-state index contributed by atoms with van der Waals surface area (Å²) < 4.78 is 16.0. The Balaban J connectivity index is 1.80. The highest BCUT2D eigenvalue weighted by molar-refractivity contribution is 6.14. The average molecular weight is 485 g/mol. The van der Waals surface area contributed by atoms with Crippen LogP contribution in [0.15, 0.2) is 18.2 Å². The van der Waals surface area contributed by atoms with Crippen molar-refractivity contribution in [1.82, 2.24) is 14.8 Å². The second-order valence-electron chi connectivity index (χ2n) is 10.4. The van der Waals surface area contributed by atoms with Crippen molar-refractivity contribution >= 4 is 34.3 Å². The third kappa shape index (κ3) is 4.67. The fourth-order valence-electron chi connectivity index (χ4n) is 5.73. The first-order valence-electron chi connectivity index (χ1n) is 12.9. The fraction of sp³-hybridized carbons (Fsp3) is 0.593. The van der Waals surface area contributed by atoms with Gasteiger partial charge >= 0.3 is 0 Å². The van der Waals surface area contributed by atoms with Crippen LogP contribution < -0.4 is 10.6 Å². The van der Waals surface area contributed by atoms with Crippen molar-refractivity contribution in [2.45, 2.75) is 103 Å². The predicted molar refractivity (Wildman–Crippen MR) is 135 cm³/mol. The number of rotatable bonds is 5. The van der Waals surface area contributed by atoms with E-state index in [0.29, 0.717) is 23.0 Å². The molecule has 0 spiro atoms. The zero-order valence-electron chi connectivity index (χ0n) is 21.2. The van der Waals surface area contributed by atoms with Crippen LogP contribution in [-0.2, 0) is 16.1 Å². The van der Waals surface area contributed by atoms with Crippen molar-refractivity contribution in [2.24, 2.45) is 0 Å². The first-order valence-corrected chi connectivity index (χ1v) is 12.9. The summed E-state index contributed by atoms with van der Waals surface area (Å²) in [7, 11) is 0. The van der Waals surface area contributed by atoms with E-state index < -0.39 is 11.4 Å². The number of carbonyl (C=O) groups excluding carboxylic acids is 3. The van der Waals surface area contributed by atoms with Crippen LogP contribution in [-0.4, -0.2) is 44.8 Å². The molecule has 1 aromatic carbocycles. The van der Waals surface area contributed by atoms with Crippen LogP contribution >= 0.6 is 0 Å². The minimum atomic E-state index is -1.13. The molecule has 0 bridgehead atoms. The molecule has 35 heavy (non-hydrogen) atoms. The van der Waals surface area contributed by atoms with Gasteiger partial charge in [0.15, 0.2) is 0 Å². The van der Waals surface area contributed by atoms with Gasteiger partial charge in [-0.15, -0.1) is 0 Å². The molecule has 0 saturated heterocycles. The standard InChI is InChI=1S/C27H37FN4O3/c1-5-17(2)32-25(34)24-23(29-18(3)33)21-15-19(28)13-14-22(21)31(24)16-27(32,4)26(35)30-20-11-9-7-6-8-10-12-20/h13-15,17,20H,5-12,16H2,1-4H3,(H,29,33)(H,30,35)/t17-,27-/m1/s1. The Morgan fingerprint density at radius 2 is 1.83 bits per heavy atom. The van der Waals surface area contributed by atoms with Crippen LogP contribution in [0, 0.1) is 5.82 Å². The summed E-state index contributed by atoms with van der Waals surface area (Å²) in [6, 6.07) is 4.17. The summed E-state index contributed by atoms with van der Waals surface area (Å²) in [4.78, 5) is 41.6. The van der Waals surface area contributed by atoms with E-state index in [-0.39, 0.29) is 42.0 Å². The van der Waals surface area contributed by atoms with Gasteiger partial charge in [0.05, 0.1) is 17.7 Å². The molecule has 4 rings (SSSR count). The van der Waals surface area contributed by atoms with Crippen LogP contribution in [0.1, 0.15) is 89.5 Å². The number of fused-ring (bicyclic) bond motifs is 3. The summed E-state index contributed by atoms with van der Waals surface area (Å²) >= 11 is 0. The van der Waals surface area contributed by atoms with Gasteiger partial charge in [0.2, 0.25) is 11.8 Å². The molecular formula is C27H37FN4O3. The molecule has 1 saturated carbocycles. The number of hydrogen-bond donors (Lipinski definition) is 2. The topological polar surface area (TPSA) is 83.4 Å². The van der Waals surface area contributed by atoms with Gasteiger partial charge in [-0.05, 0) is 51.3 Å². The van der Waals surface area contributed by atoms with Gasteiger partial charge in [0.25, 0.3) is 5.91 Å². The van der Waals surface area contributed by atoms with Crippen LogP contribution in [0.2, 0.25) is 0 Å². The number of anilines is 1. The summed E-state index contributed by atoms with van der Waals surface area (Å²) in [5, 5.41) is 6.49. The Labute approximate surface area is 206 Å². The molecule has 2 aliphatic rings. The molecule has 2 heterocycles. The van der Waals surface area contributed by atoms with Crippen molar-refractivity contribution < 1.29 is 18.8 Å². The van der Waals surface area contributed by atoms with E-state index in [9.17, 15) is 18.8 Å². The normalized spacial score (nSPS) is 22.3. The summed E-state index contributed by atoms with van der Waals surface area (Å²) in [6.07, 6.45) is 8.36. The van der Waals surface area contributed by atoms with Crippen molar-refractivity contribution in [2.75, 3.05) is 5.32 Å². The van der Waals surface area contributed by atoms with E-state index >= 15 is 0 Å². The van der Waals surface area contributed by atoms with Gasteiger partial charge in [-0.1, -0.05) is 39.0 Å². The number of benzene rings is 1. The average Bonchev–Trinajstić information content (AvgIpc) is 3.07. The van der Waals surface area contributed by atoms with E-state index in [2.05, 4.69) is 10.6 Å². The van der Waals surface area contributed by atoms with Gasteiger partial charge in [0, 0.05) is 24.4 Å². The lowest BCUT2D eigenvalue weighted by Gasteiger charge is -2.47. The van der Waals surface area contributed by atoms with Crippen molar-refractivity contribution in [3.63, 3.8) is 0 Å². The lowest BCUT2D eigenvalue weighted by molar-refractivity contribution is -0.135. The largest absolute Gasteiger partial charge is 0.351 e. The predicted octanol–water partition coefficient (Wildman–Crippen LogP) is 4.98. The molecule has 190 valence electrons. The fourth-order valence-corrected chi connectivity index (χ4v) is 5.73. The van der Waals surface area contributed by atoms with E-state index in [4.69, 9.17) is 0 Å². The van der Waals surface area contributed by atoms with E-state index in [1.54, 1.807) is 15.5 Å². The Bertz CT molecular complexity index is 1140. The summed E-state index contributed by atoms with van der Waals surface area (Å²) in [6.45, 7) is 7.33. The Morgan fingerprint density at radius 3 is 2.46 bits per heavy atom. The molecule has 1 aliphatic heterocycles. The maximum Gasteiger partial charge on any atom is 0.273 e. The quantitative estimate of drug-likeness (QED) is 0.628. The number of amides is 3. The Morgan fingerprint density at radius 1 is 1.17 bits per heavy atom.